The molecule has 0 N–H and O–H groups in total. The SMILES string of the molecule is C=C(Br)COc1ccc(C(C)=O)cc1OC. The quantitative estimate of drug-likeness (QED) is 0.779. The number of rotatable bonds is 5. The highest BCUT2D eigenvalue weighted by Crippen LogP contribution is 2.28. The van der Waals surface area contributed by atoms with Crippen molar-refractivity contribution in [1.82, 2.24) is 0 Å². The topological polar surface area (TPSA) is 35.5 Å². The minimum absolute atomic E-state index is 0.00486. The number of halogens is 1. The summed E-state index contributed by atoms with van der Waals surface area (Å²) < 4.78 is 11.3. The van der Waals surface area contributed by atoms with Crippen molar-refractivity contribution >= 4 is 21.7 Å². The van der Waals surface area contributed by atoms with Crippen LogP contribution in [0.25, 0.3) is 0 Å². The van der Waals surface area contributed by atoms with E-state index in [-0.39, 0.29) is 5.78 Å². The number of ketones is 1. The summed E-state index contributed by atoms with van der Waals surface area (Å²) in [6.45, 7) is 5.53. The molecular formula is C12H13BrO3. The first-order chi connectivity index (χ1) is 7.54. The smallest absolute Gasteiger partial charge is 0.161 e. The van der Waals surface area contributed by atoms with Gasteiger partial charge in [0.15, 0.2) is 17.3 Å². The Hall–Kier alpha value is -1.29. The number of methoxy groups -OCH3 is 1. The molecule has 0 bridgehead atoms. The summed E-state index contributed by atoms with van der Waals surface area (Å²) in [5, 5.41) is 0. The summed E-state index contributed by atoms with van der Waals surface area (Å²) in [7, 11) is 1.54. The van der Waals surface area contributed by atoms with Gasteiger partial charge in [-0.05, 0) is 25.1 Å². The number of carbonyl (C=O) groups is 1. The van der Waals surface area contributed by atoms with E-state index in [2.05, 4.69) is 22.5 Å². The van der Waals surface area contributed by atoms with Gasteiger partial charge in [0.2, 0.25) is 0 Å². The Morgan fingerprint density at radius 3 is 2.62 bits per heavy atom. The van der Waals surface area contributed by atoms with Gasteiger partial charge in [-0.25, -0.2) is 0 Å². The van der Waals surface area contributed by atoms with Crippen LogP contribution in [-0.2, 0) is 0 Å². The van der Waals surface area contributed by atoms with Gasteiger partial charge >= 0.3 is 0 Å². The molecule has 0 aliphatic carbocycles. The van der Waals surface area contributed by atoms with E-state index in [0.29, 0.717) is 23.7 Å². The highest BCUT2D eigenvalue weighted by atomic mass is 79.9. The van der Waals surface area contributed by atoms with E-state index in [1.807, 2.05) is 0 Å². The third-order valence-electron chi connectivity index (χ3n) is 1.95. The standard InChI is InChI=1S/C12H13BrO3/c1-8(13)7-16-11-5-4-10(9(2)14)6-12(11)15-3/h4-6H,1,7H2,2-3H3. The predicted molar refractivity (Wildman–Crippen MR) is 66.6 cm³/mol. The molecule has 16 heavy (non-hydrogen) atoms. The monoisotopic (exact) mass is 284 g/mol. The lowest BCUT2D eigenvalue weighted by Crippen LogP contribution is -2.00. The fourth-order valence-corrected chi connectivity index (χ4v) is 1.28. The van der Waals surface area contributed by atoms with E-state index in [1.165, 1.54) is 14.0 Å². The molecule has 1 aromatic rings. The molecule has 0 aliphatic heterocycles. The largest absolute Gasteiger partial charge is 0.493 e. The van der Waals surface area contributed by atoms with E-state index in [1.54, 1.807) is 18.2 Å². The van der Waals surface area contributed by atoms with Crippen LogP contribution in [0.15, 0.2) is 29.3 Å². The number of Topliss-reactive ketones (excluding diaryl/α,β-unsaturated/α-hetero) is 1. The molecule has 0 aliphatic rings. The maximum absolute atomic E-state index is 11.2. The van der Waals surface area contributed by atoms with Gasteiger partial charge in [-0.3, -0.25) is 4.79 Å². The van der Waals surface area contributed by atoms with E-state index >= 15 is 0 Å². The van der Waals surface area contributed by atoms with Crippen molar-refractivity contribution in [3.8, 4) is 11.5 Å². The molecule has 0 saturated carbocycles. The normalized spacial score (nSPS) is 9.69. The van der Waals surface area contributed by atoms with E-state index in [0.717, 1.165) is 4.48 Å². The van der Waals surface area contributed by atoms with Gasteiger partial charge in [0.25, 0.3) is 0 Å². The molecule has 1 aromatic carbocycles. The minimum Gasteiger partial charge on any atom is -0.493 e. The molecule has 86 valence electrons. The number of carbonyl (C=O) groups excluding carboxylic acids is 1. The molecule has 0 radical (unpaired) electrons. The number of hydrogen-bond acceptors (Lipinski definition) is 3. The van der Waals surface area contributed by atoms with Gasteiger partial charge in [0.05, 0.1) is 7.11 Å². The second kappa shape index (κ2) is 5.70. The van der Waals surface area contributed by atoms with Crippen LogP contribution in [0.4, 0.5) is 0 Å². The number of hydrogen-bond donors (Lipinski definition) is 0. The Bertz CT molecular complexity index is 413. The molecule has 0 saturated heterocycles. The molecular weight excluding hydrogens is 272 g/mol. The molecule has 0 heterocycles. The second-order valence-electron chi connectivity index (χ2n) is 3.23. The Kier molecular flexibility index (Phi) is 4.55. The zero-order valence-corrected chi connectivity index (χ0v) is 10.8. The Labute approximate surface area is 103 Å². The van der Waals surface area contributed by atoms with Gasteiger partial charge < -0.3 is 9.47 Å². The molecule has 3 nitrogen and oxygen atoms in total. The molecule has 1 rings (SSSR count). The van der Waals surface area contributed by atoms with Crippen LogP contribution in [0.2, 0.25) is 0 Å². The summed E-state index contributed by atoms with van der Waals surface area (Å²) >= 11 is 3.20. The third-order valence-corrected chi connectivity index (χ3v) is 2.18. The lowest BCUT2D eigenvalue weighted by atomic mass is 10.1. The third kappa shape index (κ3) is 3.38. The van der Waals surface area contributed by atoms with Crippen LogP contribution >= 0.6 is 15.9 Å². The van der Waals surface area contributed by atoms with Crippen molar-refractivity contribution in [3.63, 3.8) is 0 Å². The fourth-order valence-electron chi connectivity index (χ4n) is 1.16. The first-order valence-corrected chi connectivity index (χ1v) is 5.49. The van der Waals surface area contributed by atoms with Crippen LogP contribution in [-0.4, -0.2) is 19.5 Å². The van der Waals surface area contributed by atoms with Crippen molar-refractivity contribution in [3.05, 3.63) is 34.8 Å². The first-order valence-electron chi connectivity index (χ1n) is 4.69. The molecule has 0 spiro atoms. The first kappa shape index (κ1) is 12.8. The minimum atomic E-state index is -0.00486. The Morgan fingerprint density at radius 1 is 1.44 bits per heavy atom. The van der Waals surface area contributed by atoms with Crippen molar-refractivity contribution in [2.24, 2.45) is 0 Å². The Balaban J connectivity index is 2.93. The van der Waals surface area contributed by atoms with Gasteiger partial charge in [-0.2, -0.15) is 0 Å². The number of benzene rings is 1. The van der Waals surface area contributed by atoms with Crippen LogP contribution in [0.3, 0.4) is 0 Å². The summed E-state index contributed by atoms with van der Waals surface area (Å²) in [4.78, 5) is 11.2. The maximum Gasteiger partial charge on any atom is 0.161 e. The molecule has 0 amide bonds. The highest BCUT2D eigenvalue weighted by molar-refractivity contribution is 9.11. The average Bonchev–Trinajstić information content (AvgIpc) is 2.25. The predicted octanol–water partition coefficient (Wildman–Crippen LogP) is 3.19. The van der Waals surface area contributed by atoms with Gasteiger partial charge in [-0.15, -0.1) is 0 Å². The lowest BCUT2D eigenvalue weighted by Gasteiger charge is -2.10. The van der Waals surface area contributed by atoms with Gasteiger partial charge in [0.1, 0.15) is 6.61 Å². The molecule has 4 heteroatoms. The summed E-state index contributed by atoms with van der Waals surface area (Å²) in [5.74, 6) is 1.13. The highest BCUT2D eigenvalue weighted by Gasteiger charge is 2.08. The number of ether oxygens (including phenoxy) is 2. The van der Waals surface area contributed by atoms with Crippen molar-refractivity contribution in [2.75, 3.05) is 13.7 Å². The summed E-state index contributed by atoms with van der Waals surface area (Å²) in [5.41, 5.74) is 0.599. The van der Waals surface area contributed by atoms with Crippen molar-refractivity contribution < 1.29 is 14.3 Å². The van der Waals surface area contributed by atoms with E-state index < -0.39 is 0 Å². The fraction of sp³-hybridized carbons (Fsp3) is 0.250. The van der Waals surface area contributed by atoms with Crippen LogP contribution in [0.1, 0.15) is 17.3 Å². The van der Waals surface area contributed by atoms with E-state index in [4.69, 9.17) is 9.47 Å². The second-order valence-corrected chi connectivity index (χ2v) is 4.35. The van der Waals surface area contributed by atoms with Crippen LogP contribution < -0.4 is 9.47 Å². The van der Waals surface area contributed by atoms with Gasteiger partial charge in [0, 0.05) is 10.0 Å². The summed E-state index contributed by atoms with van der Waals surface area (Å²) in [6.07, 6.45) is 0. The molecule has 0 fully saturated rings. The Morgan fingerprint density at radius 2 is 2.12 bits per heavy atom. The van der Waals surface area contributed by atoms with Crippen molar-refractivity contribution in [2.45, 2.75) is 6.92 Å². The summed E-state index contributed by atoms with van der Waals surface area (Å²) in [6, 6.07) is 5.08. The molecule has 0 unspecified atom stereocenters. The van der Waals surface area contributed by atoms with Crippen LogP contribution in [0, 0.1) is 0 Å². The van der Waals surface area contributed by atoms with Crippen LogP contribution in [0.5, 0.6) is 11.5 Å². The maximum atomic E-state index is 11.2. The molecule has 0 atom stereocenters. The molecule has 0 aromatic heterocycles. The zero-order chi connectivity index (χ0) is 12.1. The zero-order valence-electron chi connectivity index (χ0n) is 9.25. The van der Waals surface area contributed by atoms with Crippen molar-refractivity contribution in [1.29, 1.82) is 0 Å². The van der Waals surface area contributed by atoms with Gasteiger partial charge in [-0.1, -0.05) is 22.5 Å². The average molecular weight is 285 g/mol. The lowest BCUT2D eigenvalue weighted by molar-refractivity contribution is 0.101. The van der Waals surface area contributed by atoms with E-state index in [9.17, 15) is 4.79 Å².